The van der Waals surface area contributed by atoms with Crippen molar-refractivity contribution in [3.05, 3.63) is 29.8 Å². The number of nitrogens with zero attached hydrogens (tertiary/aromatic N) is 1. The molecule has 32 heavy (non-hydrogen) atoms. The quantitative estimate of drug-likeness (QED) is 0.632. The Morgan fingerprint density at radius 2 is 1.88 bits per heavy atom. The molecule has 176 valence electrons. The van der Waals surface area contributed by atoms with Crippen molar-refractivity contribution in [1.82, 2.24) is 4.90 Å². The lowest BCUT2D eigenvalue weighted by atomic mass is 9.82. The number of piperidine rings is 1. The molecule has 1 unspecified atom stereocenters. The number of amides is 2. The lowest BCUT2D eigenvalue weighted by Crippen LogP contribution is -2.49. The number of carbonyl (C=O) groups is 2. The van der Waals surface area contributed by atoms with Gasteiger partial charge in [-0.3, -0.25) is 9.59 Å². The third-order valence-electron chi connectivity index (χ3n) is 7.17. The Labute approximate surface area is 190 Å². The van der Waals surface area contributed by atoms with Gasteiger partial charge in [0.2, 0.25) is 5.91 Å². The largest absolute Gasteiger partial charge is 0.477 e. The molecule has 0 radical (unpaired) electrons. The fraction of sp³-hybridized carbons (Fsp3) is 0.680. The first-order chi connectivity index (χ1) is 15.5. The maximum absolute atomic E-state index is 13.5. The van der Waals surface area contributed by atoms with Crippen molar-refractivity contribution in [2.24, 2.45) is 11.7 Å². The second-order valence-electron chi connectivity index (χ2n) is 9.58. The van der Waals surface area contributed by atoms with Crippen LogP contribution in [0.5, 0.6) is 5.75 Å². The summed E-state index contributed by atoms with van der Waals surface area (Å²) >= 11 is 0. The Balaban J connectivity index is 1.38. The average Bonchev–Trinajstić information content (AvgIpc) is 3.59. The lowest BCUT2D eigenvalue weighted by molar-refractivity contribution is -0.143. The number of likely N-dealkylation sites (tertiary alicyclic amines) is 1. The smallest absolute Gasteiger partial charge is 0.266 e. The minimum absolute atomic E-state index is 0.0689. The van der Waals surface area contributed by atoms with Gasteiger partial charge in [-0.15, -0.1) is 0 Å². The monoisotopic (exact) mass is 444 g/mol. The number of nitrogens with two attached hydrogens (primary N) is 1. The van der Waals surface area contributed by atoms with Crippen molar-refractivity contribution in [3.63, 3.8) is 0 Å². The number of carbonyl (C=O) groups excluding carboxylic acids is 2. The highest BCUT2D eigenvalue weighted by atomic mass is 16.5. The van der Waals surface area contributed by atoms with E-state index in [1.807, 2.05) is 17.0 Å². The van der Waals surface area contributed by atoms with E-state index in [1.54, 1.807) is 7.11 Å². The molecule has 2 aliphatic carbocycles. The molecular weight excluding hydrogens is 408 g/mol. The second kappa shape index (κ2) is 10.2. The summed E-state index contributed by atoms with van der Waals surface area (Å²) < 4.78 is 17.4. The molecule has 0 bridgehead atoms. The molecule has 1 heterocycles. The van der Waals surface area contributed by atoms with Crippen LogP contribution in [0.25, 0.3) is 0 Å². The third kappa shape index (κ3) is 5.44. The van der Waals surface area contributed by atoms with Crippen LogP contribution in [0.15, 0.2) is 24.3 Å². The molecule has 4 rings (SSSR count). The molecule has 2 amide bonds. The molecule has 3 aliphatic rings. The first-order valence-corrected chi connectivity index (χ1v) is 12.0. The maximum atomic E-state index is 13.5. The molecule has 2 saturated carbocycles. The molecule has 1 atom stereocenters. The van der Waals surface area contributed by atoms with Crippen LogP contribution >= 0.6 is 0 Å². The van der Waals surface area contributed by atoms with Crippen LogP contribution in [0.1, 0.15) is 62.8 Å². The molecule has 3 fully saturated rings. The van der Waals surface area contributed by atoms with Crippen molar-refractivity contribution < 1.29 is 23.8 Å². The number of ether oxygens (including phenoxy) is 3. The maximum Gasteiger partial charge on any atom is 0.266 e. The number of para-hydroxylation sites is 1. The van der Waals surface area contributed by atoms with Crippen LogP contribution in [0.3, 0.4) is 0 Å². The van der Waals surface area contributed by atoms with E-state index in [0.29, 0.717) is 25.2 Å². The van der Waals surface area contributed by atoms with Crippen molar-refractivity contribution in [3.8, 4) is 5.75 Å². The summed E-state index contributed by atoms with van der Waals surface area (Å²) in [5, 5.41) is 0. The SMILES string of the molecule is COC1CCC(c2ccccc2OC2(C(=O)N3CCCC(COCC(N)=O)C3)CC2)CC1. The van der Waals surface area contributed by atoms with Crippen molar-refractivity contribution in [1.29, 1.82) is 0 Å². The van der Waals surface area contributed by atoms with Gasteiger partial charge in [0, 0.05) is 33.0 Å². The van der Waals surface area contributed by atoms with Gasteiger partial charge in [-0.2, -0.15) is 0 Å². The molecule has 0 spiro atoms. The Kier molecular flexibility index (Phi) is 7.36. The van der Waals surface area contributed by atoms with Gasteiger partial charge >= 0.3 is 0 Å². The first-order valence-electron chi connectivity index (χ1n) is 12.0. The van der Waals surface area contributed by atoms with Crippen molar-refractivity contribution in [2.45, 2.75) is 69.0 Å². The van der Waals surface area contributed by atoms with Crippen LogP contribution in [0.4, 0.5) is 0 Å². The van der Waals surface area contributed by atoms with Gasteiger partial charge in [0.15, 0.2) is 5.60 Å². The van der Waals surface area contributed by atoms with Gasteiger partial charge in [0.25, 0.3) is 5.91 Å². The van der Waals surface area contributed by atoms with E-state index in [1.165, 1.54) is 5.56 Å². The van der Waals surface area contributed by atoms with E-state index >= 15 is 0 Å². The molecular formula is C25H36N2O5. The van der Waals surface area contributed by atoms with E-state index in [4.69, 9.17) is 19.9 Å². The highest BCUT2D eigenvalue weighted by Gasteiger charge is 2.55. The number of primary amides is 1. The number of methoxy groups -OCH3 is 1. The zero-order chi connectivity index (χ0) is 22.6. The van der Waals surface area contributed by atoms with Crippen molar-refractivity contribution >= 4 is 11.8 Å². The lowest BCUT2D eigenvalue weighted by Gasteiger charge is -2.35. The zero-order valence-electron chi connectivity index (χ0n) is 19.1. The van der Waals surface area contributed by atoms with Crippen LogP contribution in [-0.2, 0) is 19.1 Å². The van der Waals surface area contributed by atoms with E-state index in [0.717, 1.165) is 63.7 Å². The van der Waals surface area contributed by atoms with Crippen LogP contribution in [-0.4, -0.2) is 61.8 Å². The summed E-state index contributed by atoms with van der Waals surface area (Å²) in [7, 11) is 1.79. The number of rotatable bonds is 9. The van der Waals surface area contributed by atoms with Gasteiger partial charge < -0.3 is 24.8 Å². The predicted octanol–water partition coefficient (Wildman–Crippen LogP) is 3.01. The summed E-state index contributed by atoms with van der Waals surface area (Å²) in [6.07, 6.45) is 8.09. The molecule has 7 nitrogen and oxygen atoms in total. The highest BCUT2D eigenvalue weighted by molar-refractivity contribution is 5.88. The Bertz CT molecular complexity index is 801. The third-order valence-corrected chi connectivity index (χ3v) is 7.17. The number of benzene rings is 1. The molecule has 7 heteroatoms. The molecule has 0 aromatic heterocycles. The van der Waals surface area contributed by atoms with Gasteiger partial charge in [-0.05, 0) is 62.0 Å². The Hall–Kier alpha value is -2.12. The van der Waals surface area contributed by atoms with Gasteiger partial charge in [0.05, 0.1) is 12.7 Å². The van der Waals surface area contributed by atoms with E-state index < -0.39 is 11.5 Å². The van der Waals surface area contributed by atoms with Gasteiger partial charge in [-0.1, -0.05) is 18.2 Å². The molecule has 2 N–H and O–H groups in total. The number of hydrogen-bond acceptors (Lipinski definition) is 5. The summed E-state index contributed by atoms with van der Waals surface area (Å²) in [4.78, 5) is 26.3. The molecule has 1 aromatic rings. The van der Waals surface area contributed by atoms with Crippen LogP contribution in [0.2, 0.25) is 0 Å². The molecule has 1 aliphatic heterocycles. The van der Waals surface area contributed by atoms with Gasteiger partial charge in [-0.25, -0.2) is 0 Å². The Morgan fingerprint density at radius 3 is 2.56 bits per heavy atom. The number of hydrogen-bond donors (Lipinski definition) is 1. The molecule has 1 saturated heterocycles. The minimum atomic E-state index is -0.726. The fourth-order valence-corrected chi connectivity index (χ4v) is 5.20. The van der Waals surface area contributed by atoms with E-state index in [9.17, 15) is 9.59 Å². The summed E-state index contributed by atoms with van der Waals surface area (Å²) in [5.74, 6) is 1.16. The fourth-order valence-electron chi connectivity index (χ4n) is 5.20. The standard InChI is InChI=1S/C25H36N2O5/c1-30-20-10-8-19(9-11-20)21-6-2-3-7-22(21)32-25(12-13-25)24(29)27-14-4-5-18(15-27)16-31-17-23(26)28/h2-3,6-7,18-20H,4-5,8-17H2,1H3,(H2,26,28). The van der Waals surface area contributed by atoms with Gasteiger partial charge in [0.1, 0.15) is 12.4 Å². The zero-order valence-corrected chi connectivity index (χ0v) is 19.1. The second-order valence-corrected chi connectivity index (χ2v) is 9.58. The van der Waals surface area contributed by atoms with Crippen molar-refractivity contribution in [2.75, 3.05) is 33.4 Å². The van der Waals surface area contributed by atoms with E-state index in [-0.39, 0.29) is 18.4 Å². The van der Waals surface area contributed by atoms with Crippen LogP contribution in [0, 0.1) is 5.92 Å². The average molecular weight is 445 g/mol. The summed E-state index contributed by atoms with van der Waals surface area (Å²) in [6, 6.07) is 8.23. The highest BCUT2D eigenvalue weighted by Crippen LogP contribution is 2.46. The minimum Gasteiger partial charge on any atom is -0.477 e. The summed E-state index contributed by atoms with van der Waals surface area (Å²) in [5.41, 5.74) is 5.64. The normalized spacial score (nSPS) is 27.0. The predicted molar refractivity (Wildman–Crippen MR) is 120 cm³/mol. The van der Waals surface area contributed by atoms with Crippen LogP contribution < -0.4 is 10.5 Å². The topological polar surface area (TPSA) is 91.1 Å². The Morgan fingerprint density at radius 1 is 1.12 bits per heavy atom. The first kappa shape index (κ1) is 23.1. The molecule has 1 aromatic carbocycles. The van der Waals surface area contributed by atoms with E-state index in [2.05, 4.69) is 12.1 Å². The summed E-state index contributed by atoms with van der Waals surface area (Å²) in [6.45, 7) is 1.78.